The van der Waals surface area contributed by atoms with Gasteiger partial charge in [-0.05, 0) is 46.2 Å². The van der Waals surface area contributed by atoms with Crippen molar-refractivity contribution in [3.63, 3.8) is 0 Å². The summed E-state index contributed by atoms with van der Waals surface area (Å²) in [6, 6.07) is 5.09. The minimum Gasteiger partial charge on any atom is -0.484 e. The summed E-state index contributed by atoms with van der Waals surface area (Å²) in [5, 5.41) is 6.18. The molecule has 0 aromatic heterocycles. The second-order valence-corrected chi connectivity index (χ2v) is 9.62. The first-order valence-electron chi connectivity index (χ1n) is 9.12. The molecule has 0 amide bonds. The van der Waals surface area contributed by atoms with Crippen molar-refractivity contribution < 1.29 is 22.1 Å². The van der Waals surface area contributed by atoms with Gasteiger partial charge in [-0.2, -0.15) is 13.2 Å². The zero-order valence-corrected chi connectivity index (χ0v) is 17.9. The Morgan fingerprint density at radius 3 is 2.46 bits per heavy atom. The van der Waals surface area contributed by atoms with Crippen molar-refractivity contribution >= 4 is 16.8 Å². The predicted molar refractivity (Wildman–Crippen MR) is 108 cm³/mol. The summed E-state index contributed by atoms with van der Waals surface area (Å²) in [5.41, 5.74) is 1.37. The van der Waals surface area contributed by atoms with Crippen molar-refractivity contribution in [3.8, 4) is 5.75 Å². The molecule has 160 valence electrons. The van der Waals surface area contributed by atoms with Crippen LogP contribution in [0.5, 0.6) is 5.75 Å². The number of nitrogens with one attached hydrogen (secondary N) is 2. The number of ether oxygens (including phenoxy) is 1. The number of hydrogen-bond acceptors (Lipinski definition) is 3. The number of guanidine groups is 1. The Bertz CT molecular complexity index is 686. The topological polar surface area (TPSA) is 62.7 Å². The quantitative estimate of drug-likeness (QED) is 0.498. The Kier molecular flexibility index (Phi) is 9.26. The van der Waals surface area contributed by atoms with Crippen molar-refractivity contribution in [1.29, 1.82) is 0 Å². The molecule has 0 aliphatic rings. The molecule has 2 N–H and O–H groups in total. The summed E-state index contributed by atoms with van der Waals surface area (Å²) >= 11 is 0. The normalized spacial score (nSPS) is 13.9. The molecule has 1 unspecified atom stereocenters. The molecular weight excluding hydrogens is 391 g/mol. The van der Waals surface area contributed by atoms with Gasteiger partial charge in [0.05, 0.1) is 6.54 Å². The van der Waals surface area contributed by atoms with Crippen LogP contribution in [0.2, 0.25) is 0 Å². The molecule has 0 aliphatic heterocycles. The molecule has 1 rings (SSSR count). The van der Waals surface area contributed by atoms with E-state index in [1.807, 2.05) is 27.7 Å². The highest BCUT2D eigenvalue weighted by Gasteiger charge is 2.28. The zero-order valence-electron chi connectivity index (χ0n) is 17.1. The Hall–Kier alpha value is -1.77. The van der Waals surface area contributed by atoms with Gasteiger partial charge >= 0.3 is 6.18 Å². The minimum atomic E-state index is -4.40. The number of halogens is 3. The summed E-state index contributed by atoms with van der Waals surface area (Å²) in [4.78, 5) is 4.41. The number of hydrogen-bond donors (Lipinski definition) is 2. The van der Waals surface area contributed by atoms with Crippen LogP contribution in [0.1, 0.15) is 38.8 Å². The van der Waals surface area contributed by atoms with Crippen LogP contribution in [0.3, 0.4) is 0 Å². The first kappa shape index (κ1) is 24.3. The van der Waals surface area contributed by atoms with E-state index in [9.17, 15) is 17.4 Å². The van der Waals surface area contributed by atoms with Crippen LogP contribution in [0.15, 0.2) is 23.2 Å². The van der Waals surface area contributed by atoms with Gasteiger partial charge < -0.3 is 15.4 Å². The fraction of sp³-hybridized carbons (Fsp3) is 0.632. The van der Waals surface area contributed by atoms with E-state index in [0.717, 1.165) is 5.56 Å². The van der Waals surface area contributed by atoms with Gasteiger partial charge in [0.25, 0.3) is 0 Å². The first-order valence-corrected chi connectivity index (χ1v) is 10.4. The van der Waals surface area contributed by atoms with Crippen molar-refractivity contribution in [2.24, 2.45) is 4.99 Å². The summed E-state index contributed by atoms with van der Waals surface area (Å²) < 4.78 is 54.2. The molecule has 0 radical (unpaired) electrons. The van der Waals surface area contributed by atoms with E-state index in [4.69, 9.17) is 4.74 Å². The molecule has 0 fully saturated rings. The fourth-order valence-electron chi connectivity index (χ4n) is 2.16. The molecule has 0 saturated heterocycles. The van der Waals surface area contributed by atoms with Gasteiger partial charge in [-0.25, -0.2) is 4.99 Å². The molecule has 1 aromatic rings. The van der Waals surface area contributed by atoms with Gasteiger partial charge in [-0.15, -0.1) is 0 Å². The second-order valence-electron chi connectivity index (χ2n) is 7.30. The maximum Gasteiger partial charge on any atom is 0.422 e. The highest BCUT2D eigenvalue weighted by atomic mass is 32.2. The number of benzene rings is 1. The number of aliphatic imine (C=N–C) groups is 1. The summed E-state index contributed by atoms with van der Waals surface area (Å²) in [5.74, 6) is 1.15. The SMILES string of the molecule is CCNC(=NCc1ccc(C)cc1OCC(F)(F)F)NCCS(=O)C(C)(C)C. The summed E-state index contributed by atoms with van der Waals surface area (Å²) in [6.45, 7) is 9.37. The molecule has 1 aromatic carbocycles. The molecular formula is C19H30F3N3O2S. The van der Waals surface area contributed by atoms with Crippen molar-refractivity contribution in [2.75, 3.05) is 25.4 Å². The minimum absolute atomic E-state index is 0.158. The van der Waals surface area contributed by atoms with Gasteiger partial charge in [0.15, 0.2) is 12.6 Å². The van der Waals surface area contributed by atoms with E-state index >= 15 is 0 Å². The van der Waals surface area contributed by atoms with Gasteiger partial charge in [-0.3, -0.25) is 4.21 Å². The van der Waals surface area contributed by atoms with E-state index in [1.165, 1.54) is 0 Å². The Morgan fingerprint density at radius 2 is 1.89 bits per heavy atom. The smallest absolute Gasteiger partial charge is 0.422 e. The first-order chi connectivity index (χ1) is 12.9. The maximum absolute atomic E-state index is 12.5. The lowest BCUT2D eigenvalue weighted by atomic mass is 10.1. The number of nitrogens with zero attached hydrogens (tertiary/aromatic N) is 1. The summed E-state index contributed by atoms with van der Waals surface area (Å²) in [6.07, 6.45) is -4.40. The van der Waals surface area contributed by atoms with Crippen molar-refractivity contribution in [1.82, 2.24) is 10.6 Å². The van der Waals surface area contributed by atoms with E-state index in [2.05, 4.69) is 15.6 Å². The van der Waals surface area contributed by atoms with Crippen LogP contribution in [-0.4, -0.2) is 46.5 Å². The third-order valence-corrected chi connectivity index (χ3v) is 5.57. The summed E-state index contributed by atoms with van der Waals surface area (Å²) in [7, 11) is -0.987. The predicted octanol–water partition coefficient (Wildman–Crippen LogP) is 3.54. The van der Waals surface area contributed by atoms with E-state index < -0.39 is 23.6 Å². The number of alkyl halides is 3. The van der Waals surface area contributed by atoms with Gasteiger partial charge in [0.2, 0.25) is 0 Å². The average molecular weight is 422 g/mol. The number of aryl methyl sites for hydroxylation is 1. The molecule has 0 aliphatic carbocycles. The zero-order chi connectivity index (χ0) is 21.4. The van der Waals surface area contributed by atoms with Crippen LogP contribution in [0.25, 0.3) is 0 Å². The van der Waals surface area contributed by atoms with Gasteiger partial charge in [-0.1, -0.05) is 12.1 Å². The Balaban J connectivity index is 2.79. The number of rotatable bonds is 8. The van der Waals surface area contributed by atoms with Crippen LogP contribution in [0, 0.1) is 6.92 Å². The fourth-order valence-corrected chi connectivity index (χ4v) is 3.06. The van der Waals surface area contributed by atoms with E-state index in [0.29, 0.717) is 30.4 Å². The lowest BCUT2D eigenvalue weighted by Crippen LogP contribution is -2.40. The van der Waals surface area contributed by atoms with E-state index in [1.54, 1.807) is 25.1 Å². The highest BCUT2D eigenvalue weighted by molar-refractivity contribution is 7.86. The largest absolute Gasteiger partial charge is 0.484 e. The standard InChI is InChI=1S/C19H30F3N3O2S/c1-6-23-17(24-9-10-28(26)18(3,4)5)25-12-15-8-7-14(2)11-16(15)27-13-19(20,21)22/h7-8,11H,6,9-10,12-13H2,1-5H3,(H2,23,24,25). The van der Waals surface area contributed by atoms with Crippen molar-refractivity contribution in [3.05, 3.63) is 29.3 Å². The maximum atomic E-state index is 12.5. The molecule has 0 saturated carbocycles. The second kappa shape index (κ2) is 10.7. The molecule has 9 heteroatoms. The van der Waals surface area contributed by atoms with Crippen LogP contribution in [-0.2, 0) is 17.3 Å². The monoisotopic (exact) mass is 421 g/mol. The van der Waals surface area contributed by atoms with Crippen LogP contribution >= 0.6 is 0 Å². The lowest BCUT2D eigenvalue weighted by molar-refractivity contribution is -0.153. The third kappa shape index (κ3) is 9.43. The van der Waals surface area contributed by atoms with Gasteiger partial charge in [0.1, 0.15) is 5.75 Å². The third-order valence-electron chi connectivity index (χ3n) is 3.63. The molecule has 0 bridgehead atoms. The molecule has 0 spiro atoms. The van der Waals surface area contributed by atoms with Gasteiger partial charge in [0, 0.05) is 40.0 Å². The average Bonchev–Trinajstić information content (AvgIpc) is 2.57. The molecule has 28 heavy (non-hydrogen) atoms. The van der Waals surface area contributed by atoms with Crippen molar-refractivity contribution in [2.45, 2.75) is 52.1 Å². The molecule has 0 heterocycles. The Morgan fingerprint density at radius 1 is 1.21 bits per heavy atom. The molecule has 5 nitrogen and oxygen atoms in total. The van der Waals surface area contributed by atoms with Crippen LogP contribution in [0.4, 0.5) is 13.2 Å². The Labute approximate surface area is 167 Å². The highest BCUT2D eigenvalue weighted by Crippen LogP contribution is 2.24. The lowest BCUT2D eigenvalue weighted by Gasteiger charge is -2.18. The molecule has 1 atom stereocenters. The van der Waals surface area contributed by atoms with E-state index in [-0.39, 0.29) is 17.0 Å². The van der Waals surface area contributed by atoms with Crippen LogP contribution < -0.4 is 15.4 Å².